The van der Waals surface area contributed by atoms with Crippen LogP contribution < -0.4 is 0 Å². The molecule has 0 rings (SSSR count). The predicted octanol–water partition coefficient (Wildman–Crippen LogP) is 2.09. The van der Waals surface area contributed by atoms with Gasteiger partial charge in [-0.25, -0.2) is 0 Å². The van der Waals surface area contributed by atoms with Gasteiger partial charge in [0.25, 0.3) is 0 Å². The van der Waals surface area contributed by atoms with Crippen LogP contribution in [0.25, 0.3) is 0 Å². The molecule has 5 heteroatoms. The molecule has 122 valence electrons. The standard InChI is InChI=1S/C15H32O5/c1-4-6-10-19-12-13(20-11-7-5-2)8-9-14(16)15(17)18-3/h13-17H,4-12H2,1-3H3/t13-,14+,15+/m0/s1. The molecule has 2 N–H and O–H groups in total. The number of hydrogen-bond donors (Lipinski definition) is 2. The second kappa shape index (κ2) is 13.8. The van der Waals surface area contributed by atoms with Crippen molar-refractivity contribution in [3.63, 3.8) is 0 Å². The average Bonchev–Trinajstić information content (AvgIpc) is 2.47. The van der Waals surface area contributed by atoms with Crippen LogP contribution in [0, 0.1) is 0 Å². The lowest BCUT2D eigenvalue weighted by atomic mass is 10.1. The normalized spacial score (nSPS) is 16.1. The zero-order chi connectivity index (χ0) is 15.2. The molecular formula is C15H32O5. The Morgan fingerprint density at radius 2 is 1.60 bits per heavy atom. The Bertz CT molecular complexity index is 201. The Balaban J connectivity index is 3.95. The van der Waals surface area contributed by atoms with E-state index in [9.17, 15) is 10.2 Å². The van der Waals surface area contributed by atoms with Crippen LogP contribution in [0.15, 0.2) is 0 Å². The van der Waals surface area contributed by atoms with Gasteiger partial charge in [0, 0.05) is 20.3 Å². The largest absolute Gasteiger partial charge is 0.388 e. The van der Waals surface area contributed by atoms with Crippen LogP contribution in [0.5, 0.6) is 0 Å². The maximum atomic E-state index is 9.68. The van der Waals surface area contributed by atoms with Gasteiger partial charge < -0.3 is 24.4 Å². The van der Waals surface area contributed by atoms with Gasteiger partial charge in [0.05, 0.1) is 12.7 Å². The van der Waals surface area contributed by atoms with Crippen LogP contribution in [0.1, 0.15) is 52.4 Å². The molecule has 0 aromatic carbocycles. The predicted molar refractivity (Wildman–Crippen MR) is 78.6 cm³/mol. The molecule has 0 bridgehead atoms. The number of rotatable bonds is 14. The number of aliphatic hydroxyl groups is 2. The summed E-state index contributed by atoms with van der Waals surface area (Å²) in [6, 6.07) is 0. The third kappa shape index (κ3) is 10.6. The third-order valence-electron chi connectivity index (χ3n) is 3.15. The summed E-state index contributed by atoms with van der Waals surface area (Å²) in [5.74, 6) is 0. The molecule has 0 amide bonds. The molecule has 0 unspecified atom stereocenters. The topological polar surface area (TPSA) is 68.2 Å². The minimum absolute atomic E-state index is 0.0305. The second-order valence-corrected chi connectivity index (χ2v) is 5.05. The van der Waals surface area contributed by atoms with Gasteiger partial charge in [-0.15, -0.1) is 0 Å². The summed E-state index contributed by atoms with van der Waals surface area (Å²) in [6.07, 6.45) is 3.31. The lowest BCUT2D eigenvalue weighted by Crippen LogP contribution is -2.30. The highest BCUT2D eigenvalue weighted by Gasteiger charge is 2.18. The van der Waals surface area contributed by atoms with E-state index in [0.29, 0.717) is 26.1 Å². The van der Waals surface area contributed by atoms with E-state index >= 15 is 0 Å². The van der Waals surface area contributed by atoms with Crippen molar-refractivity contribution in [3.05, 3.63) is 0 Å². The Morgan fingerprint density at radius 3 is 2.20 bits per heavy atom. The van der Waals surface area contributed by atoms with Gasteiger partial charge in [-0.2, -0.15) is 0 Å². The maximum absolute atomic E-state index is 9.68. The lowest BCUT2D eigenvalue weighted by Gasteiger charge is -2.21. The van der Waals surface area contributed by atoms with E-state index in [-0.39, 0.29) is 6.10 Å². The fourth-order valence-electron chi connectivity index (χ4n) is 1.73. The molecule has 0 aliphatic carbocycles. The van der Waals surface area contributed by atoms with Gasteiger partial charge in [0.15, 0.2) is 6.29 Å². The molecule has 0 fully saturated rings. The summed E-state index contributed by atoms with van der Waals surface area (Å²) < 4.78 is 16.0. The fraction of sp³-hybridized carbons (Fsp3) is 1.00. The molecule has 5 nitrogen and oxygen atoms in total. The average molecular weight is 292 g/mol. The molecule has 3 atom stereocenters. The van der Waals surface area contributed by atoms with Gasteiger partial charge in [-0.3, -0.25) is 0 Å². The highest BCUT2D eigenvalue weighted by Crippen LogP contribution is 2.10. The zero-order valence-corrected chi connectivity index (χ0v) is 13.2. The van der Waals surface area contributed by atoms with Gasteiger partial charge in [0.1, 0.15) is 6.10 Å². The molecule has 0 heterocycles. The summed E-state index contributed by atoms with van der Waals surface area (Å²) in [6.45, 7) is 6.24. The van der Waals surface area contributed by atoms with E-state index in [1.54, 1.807) is 0 Å². The van der Waals surface area contributed by atoms with E-state index in [2.05, 4.69) is 18.6 Å². The first-order valence-electron chi connectivity index (χ1n) is 7.73. The van der Waals surface area contributed by atoms with Crippen molar-refractivity contribution in [2.24, 2.45) is 0 Å². The molecule has 20 heavy (non-hydrogen) atoms. The van der Waals surface area contributed by atoms with Crippen molar-refractivity contribution in [3.8, 4) is 0 Å². The molecule has 0 aromatic heterocycles. The van der Waals surface area contributed by atoms with Crippen LogP contribution in [0.4, 0.5) is 0 Å². The second-order valence-electron chi connectivity index (χ2n) is 5.05. The van der Waals surface area contributed by atoms with Gasteiger partial charge in [0.2, 0.25) is 0 Å². The first-order valence-corrected chi connectivity index (χ1v) is 7.73. The van der Waals surface area contributed by atoms with E-state index in [1.807, 2.05) is 0 Å². The molecule has 0 aliphatic heterocycles. The van der Waals surface area contributed by atoms with Crippen molar-refractivity contribution in [2.75, 3.05) is 26.9 Å². The Hall–Kier alpha value is -0.200. The summed E-state index contributed by atoms with van der Waals surface area (Å²) >= 11 is 0. The quantitative estimate of drug-likeness (QED) is 0.379. The number of unbranched alkanes of at least 4 members (excludes halogenated alkanes) is 2. The zero-order valence-electron chi connectivity index (χ0n) is 13.2. The minimum Gasteiger partial charge on any atom is -0.388 e. The number of methoxy groups -OCH3 is 1. The Labute approximate surface area is 123 Å². The summed E-state index contributed by atoms with van der Waals surface area (Å²) in [5, 5.41) is 19.0. The van der Waals surface area contributed by atoms with Crippen molar-refractivity contribution in [1.29, 1.82) is 0 Å². The van der Waals surface area contributed by atoms with E-state index in [4.69, 9.17) is 9.47 Å². The van der Waals surface area contributed by atoms with E-state index < -0.39 is 12.4 Å². The van der Waals surface area contributed by atoms with Gasteiger partial charge in [-0.05, 0) is 25.7 Å². The first-order chi connectivity index (χ1) is 9.65. The smallest absolute Gasteiger partial charge is 0.180 e. The Morgan fingerprint density at radius 1 is 0.950 bits per heavy atom. The summed E-state index contributed by atoms with van der Waals surface area (Å²) in [4.78, 5) is 0. The van der Waals surface area contributed by atoms with Crippen LogP contribution in [0.3, 0.4) is 0 Å². The SMILES string of the molecule is CCCCOC[C@H](CC[C@@H](O)[C@H](O)OC)OCCCC. The van der Waals surface area contributed by atoms with Gasteiger partial charge >= 0.3 is 0 Å². The highest BCUT2D eigenvalue weighted by atomic mass is 16.6. The first kappa shape index (κ1) is 19.8. The molecule has 0 aliphatic rings. The van der Waals surface area contributed by atoms with Crippen LogP contribution in [0.2, 0.25) is 0 Å². The van der Waals surface area contributed by atoms with E-state index in [0.717, 1.165) is 32.3 Å². The number of ether oxygens (including phenoxy) is 3. The van der Waals surface area contributed by atoms with Crippen molar-refractivity contribution < 1.29 is 24.4 Å². The van der Waals surface area contributed by atoms with E-state index in [1.165, 1.54) is 7.11 Å². The minimum atomic E-state index is -1.13. The molecule has 0 aromatic rings. The molecule has 0 saturated carbocycles. The molecule has 0 spiro atoms. The summed E-state index contributed by atoms with van der Waals surface area (Å²) in [7, 11) is 1.37. The van der Waals surface area contributed by atoms with Crippen LogP contribution in [-0.2, 0) is 14.2 Å². The Kier molecular flexibility index (Phi) is 13.6. The van der Waals surface area contributed by atoms with Crippen LogP contribution >= 0.6 is 0 Å². The highest BCUT2D eigenvalue weighted by molar-refractivity contribution is 4.65. The summed E-state index contributed by atoms with van der Waals surface area (Å²) in [5.41, 5.74) is 0. The molecular weight excluding hydrogens is 260 g/mol. The maximum Gasteiger partial charge on any atom is 0.180 e. The number of aliphatic hydroxyl groups excluding tert-OH is 2. The third-order valence-corrected chi connectivity index (χ3v) is 3.15. The monoisotopic (exact) mass is 292 g/mol. The van der Waals surface area contributed by atoms with Crippen LogP contribution in [-0.4, -0.2) is 55.6 Å². The molecule has 0 saturated heterocycles. The number of hydrogen-bond acceptors (Lipinski definition) is 5. The van der Waals surface area contributed by atoms with Gasteiger partial charge in [-0.1, -0.05) is 26.7 Å². The fourth-order valence-corrected chi connectivity index (χ4v) is 1.73. The lowest BCUT2D eigenvalue weighted by molar-refractivity contribution is -0.149. The van der Waals surface area contributed by atoms with Crippen molar-refractivity contribution in [1.82, 2.24) is 0 Å². The van der Waals surface area contributed by atoms with Crippen molar-refractivity contribution in [2.45, 2.75) is 70.9 Å². The van der Waals surface area contributed by atoms with Crippen molar-refractivity contribution >= 4 is 0 Å². The molecule has 0 radical (unpaired) electrons.